The van der Waals surface area contributed by atoms with Crippen molar-refractivity contribution in [2.45, 2.75) is 19.5 Å². The molecule has 0 aliphatic carbocycles. The van der Waals surface area contributed by atoms with Crippen LogP contribution >= 0.6 is 0 Å². The molecule has 0 saturated carbocycles. The highest BCUT2D eigenvalue weighted by Crippen LogP contribution is 2.13. The first-order valence-corrected chi connectivity index (χ1v) is 6.98. The van der Waals surface area contributed by atoms with Gasteiger partial charge in [-0.1, -0.05) is 30.4 Å². The van der Waals surface area contributed by atoms with Gasteiger partial charge in [0, 0.05) is 0 Å². The first kappa shape index (κ1) is 14.1. The van der Waals surface area contributed by atoms with Crippen molar-refractivity contribution in [1.82, 2.24) is 13.9 Å². The van der Waals surface area contributed by atoms with Gasteiger partial charge >= 0.3 is 17.3 Å². The van der Waals surface area contributed by atoms with Crippen molar-refractivity contribution in [3.8, 4) is 5.69 Å². The van der Waals surface area contributed by atoms with Gasteiger partial charge < -0.3 is 4.74 Å². The fourth-order valence-corrected chi connectivity index (χ4v) is 2.51. The Hall–Kier alpha value is -2.83. The predicted molar refractivity (Wildman–Crippen MR) is 79.1 cm³/mol. The van der Waals surface area contributed by atoms with Gasteiger partial charge in [-0.15, -0.1) is 0 Å². The second kappa shape index (κ2) is 5.51. The second-order valence-corrected chi connectivity index (χ2v) is 4.79. The lowest BCUT2D eigenvalue weighted by atomic mass is 10.2. The van der Waals surface area contributed by atoms with Gasteiger partial charge in [0.15, 0.2) is 6.04 Å². The smallest absolute Gasteiger partial charge is 0.352 e. The highest BCUT2D eigenvalue weighted by molar-refractivity contribution is 5.76. The third-order valence-corrected chi connectivity index (χ3v) is 3.46. The summed E-state index contributed by atoms with van der Waals surface area (Å²) in [6, 6.07) is 7.70. The molecule has 0 bridgehead atoms. The van der Waals surface area contributed by atoms with Crippen LogP contribution in [0, 0.1) is 0 Å². The summed E-state index contributed by atoms with van der Waals surface area (Å²) in [5.41, 5.74) is -0.567. The third kappa shape index (κ3) is 2.11. The van der Waals surface area contributed by atoms with Crippen molar-refractivity contribution in [3.63, 3.8) is 0 Å². The lowest BCUT2D eigenvalue weighted by Gasteiger charge is -2.18. The summed E-state index contributed by atoms with van der Waals surface area (Å²) in [6.07, 6.45) is 3.26. The summed E-state index contributed by atoms with van der Waals surface area (Å²) in [5.74, 6) is -0.556. The van der Waals surface area contributed by atoms with Crippen molar-refractivity contribution in [2.75, 3.05) is 6.61 Å². The Balaban J connectivity index is 2.19. The van der Waals surface area contributed by atoms with Crippen LogP contribution in [0.1, 0.15) is 13.0 Å². The summed E-state index contributed by atoms with van der Waals surface area (Å²) in [4.78, 5) is 37.1. The van der Waals surface area contributed by atoms with Gasteiger partial charge in [0.1, 0.15) is 0 Å². The van der Waals surface area contributed by atoms with Crippen molar-refractivity contribution in [2.24, 2.45) is 0 Å². The Morgan fingerprint density at radius 3 is 2.64 bits per heavy atom. The number of ether oxygens (including phenoxy) is 1. The van der Waals surface area contributed by atoms with E-state index in [9.17, 15) is 14.4 Å². The van der Waals surface area contributed by atoms with E-state index in [0.717, 1.165) is 9.25 Å². The minimum absolute atomic E-state index is 0.210. The molecule has 114 valence electrons. The summed E-state index contributed by atoms with van der Waals surface area (Å²) in [6.45, 7) is 2.14. The Morgan fingerprint density at radius 1 is 1.23 bits per heavy atom. The molecule has 1 aromatic carbocycles. The Labute approximate surface area is 125 Å². The fraction of sp³-hybridized carbons (Fsp3) is 0.267. The van der Waals surface area contributed by atoms with Crippen LogP contribution in [0.5, 0.6) is 0 Å². The van der Waals surface area contributed by atoms with E-state index >= 15 is 0 Å². The molecule has 0 fully saturated rings. The fourth-order valence-electron chi connectivity index (χ4n) is 2.51. The lowest BCUT2D eigenvalue weighted by molar-refractivity contribution is -0.146. The molecule has 3 rings (SSSR count). The number of hydrogen-bond donors (Lipinski definition) is 0. The molecule has 1 aromatic heterocycles. The molecule has 0 radical (unpaired) electrons. The summed E-state index contributed by atoms with van der Waals surface area (Å²) >= 11 is 0. The number of nitrogens with zero attached hydrogens (tertiary/aromatic N) is 3. The number of allylic oxidation sites excluding steroid dienone is 1. The van der Waals surface area contributed by atoms with E-state index in [1.807, 2.05) is 0 Å². The molecule has 22 heavy (non-hydrogen) atoms. The maximum atomic E-state index is 12.6. The van der Waals surface area contributed by atoms with Gasteiger partial charge in [0.05, 0.1) is 18.8 Å². The van der Waals surface area contributed by atoms with Crippen LogP contribution in [0.15, 0.2) is 52.1 Å². The van der Waals surface area contributed by atoms with Crippen LogP contribution in [0.25, 0.3) is 5.69 Å². The number of aromatic nitrogens is 3. The molecular formula is C15H15N3O4. The number of carbonyl (C=O) groups is 1. The van der Waals surface area contributed by atoms with Gasteiger partial charge in [0.2, 0.25) is 0 Å². The zero-order valence-corrected chi connectivity index (χ0v) is 12.0. The maximum Gasteiger partial charge on any atom is 0.352 e. The zero-order valence-electron chi connectivity index (χ0n) is 12.0. The normalized spacial score (nSPS) is 16.3. The van der Waals surface area contributed by atoms with E-state index in [0.29, 0.717) is 5.69 Å². The van der Waals surface area contributed by atoms with E-state index < -0.39 is 23.4 Å². The van der Waals surface area contributed by atoms with Crippen LogP contribution in [-0.2, 0) is 16.1 Å². The molecule has 1 aliphatic rings. The molecule has 1 aliphatic heterocycles. The minimum atomic E-state index is -0.918. The van der Waals surface area contributed by atoms with E-state index in [2.05, 4.69) is 0 Å². The molecule has 1 atom stereocenters. The molecule has 0 spiro atoms. The number of benzene rings is 1. The van der Waals surface area contributed by atoms with Gasteiger partial charge in [-0.2, -0.15) is 0 Å². The topological polar surface area (TPSA) is 75.2 Å². The van der Waals surface area contributed by atoms with Crippen LogP contribution in [0.3, 0.4) is 0 Å². The first-order valence-electron chi connectivity index (χ1n) is 6.98. The summed E-state index contributed by atoms with van der Waals surface area (Å²) in [5, 5.41) is 0. The second-order valence-electron chi connectivity index (χ2n) is 4.79. The predicted octanol–water partition coefficient (Wildman–Crippen LogP) is 0.475. The lowest BCUT2D eigenvalue weighted by Crippen LogP contribution is -2.36. The van der Waals surface area contributed by atoms with Gasteiger partial charge in [-0.3, -0.25) is 0 Å². The molecule has 0 unspecified atom stereocenters. The average molecular weight is 301 g/mol. The molecule has 2 heterocycles. The maximum absolute atomic E-state index is 12.6. The monoisotopic (exact) mass is 301 g/mol. The van der Waals surface area contributed by atoms with Crippen molar-refractivity contribution in [3.05, 3.63) is 63.5 Å². The van der Waals surface area contributed by atoms with Crippen LogP contribution in [0.2, 0.25) is 0 Å². The number of esters is 1. The highest BCUT2D eigenvalue weighted by atomic mass is 16.5. The van der Waals surface area contributed by atoms with Crippen molar-refractivity contribution < 1.29 is 9.53 Å². The number of fused-ring (bicyclic) bond motifs is 1. The SMILES string of the molecule is CCOC(=O)[C@H]1C=CCn2c(=O)n(-c3ccccc3)c(=O)n21. The molecule has 0 N–H and O–H groups in total. The first-order chi connectivity index (χ1) is 10.6. The number of rotatable bonds is 3. The van der Waals surface area contributed by atoms with E-state index in [1.165, 1.54) is 4.68 Å². The van der Waals surface area contributed by atoms with Crippen LogP contribution < -0.4 is 11.4 Å². The van der Waals surface area contributed by atoms with Crippen molar-refractivity contribution in [1.29, 1.82) is 0 Å². The number of para-hydroxylation sites is 1. The van der Waals surface area contributed by atoms with Gasteiger partial charge in [0.25, 0.3) is 0 Å². The number of carbonyl (C=O) groups excluding carboxylic acids is 1. The Bertz CT molecular complexity index is 842. The van der Waals surface area contributed by atoms with Crippen LogP contribution in [-0.4, -0.2) is 26.5 Å². The third-order valence-electron chi connectivity index (χ3n) is 3.46. The minimum Gasteiger partial charge on any atom is -0.464 e. The molecule has 0 saturated heterocycles. The molecule has 0 amide bonds. The van der Waals surface area contributed by atoms with E-state index in [4.69, 9.17) is 4.74 Å². The average Bonchev–Trinajstić information content (AvgIpc) is 2.80. The zero-order chi connectivity index (χ0) is 15.7. The van der Waals surface area contributed by atoms with Gasteiger partial charge in [-0.25, -0.2) is 28.3 Å². The summed E-state index contributed by atoms with van der Waals surface area (Å²) < 4.78 is 8.42. The van der Waals surface area contributed by atoms with Crippen LogP contribution in [0.4, 0.5) is 0 Å². The number of hydrogen-bond acceptors (Lipinski definition) is 4. The van der Waals surface area contributed by atoms with E-state index in [-0.39, 0.29) is 13.2 Å². The molecule has 7 nitrogen and oxygen atoms in total. The Kier molecular flexibility index (Phi) is 3.54. The van der Waals surface area contributed by atoms with Crippen molar-refractivity contribution >= 4 is 5.97 Å². The molecular weight excluding hydrogens is 286 g/mol. The highest BCUT2D eigenvalue weighted by Gasteiger charge is 2.29. The van der Waals surface area contributed by atoms with Gasteiger partial charge in [-0.05, 0) is 19.1 Å². The standard InChI is InChI=1S/C15H15N3O4/c1-2-22-13(19)12-9-6-10-16-14(20)17(15(21)18(12)16)11-7-4-3-5-8-11/h3-9,12H,2,10H2,1H3/t12-/m1/s1. The molecule has 2 aromatic rings. The summed E-state index contributed by atoms with van der Waals surface area (Å²) in [7, 11) is 0. The Morgan fingerprint density at radius 2 is 1.95 bits per heavy atom. The largest absolute Gasteiger partial charge is 0.464 e. The van der Waals surface area contributed by atoms with E-state index in [1.54, 1.807) is 49.4 Å². The quantitative estimate of drug-likeness (QED) is 0.610. The molecule has 7 heteroatoms.